The second-order valence-corrected chi connectivity index (χ2v) is 6.65. The predicted octanol–water partition coefficient (Wildman–Crippen LogP) is 3.33. The second-order valence-electron chi connectivity index (χ2n) is 6.24. The maximum Gasteiger partial charge on any atom is 0.162 e. The SMILES string of the molecule is CC1(C)COc2cc(Cl)c(C(C)(C)N)cc2OC1. The summed E-state index contributed by atoms with van der Waals surface area (Å²) in [4.78, 5) is 0. The molecule has 4 heteroatoms. The summed E-state index contributed by atoms with van der Waals surface area (Å²) in [7, 11) is 0. The lowest BCUT2D eigenvalue weighted by Crippen LogP contribution is -2.29. The van der Waals surface area contributed by atoms with Gasteiger partial charge in [0, 0.05) is 22.0 Å². The summed E-state index contributed by atoms with van der Waals surface area (Å²) in [6.07, 6.45) is 0. The van der Waals surface area contributed by atoms with Crippen LogP contribution in [0.3, 0.4) is 0 Å². The normalized spacial score (nSPS) is 18.3. The minimum atomic E-state index is -0.503. The quantitative estimate of drug-likeness (QED) is 0.850. The van der Waals surface area contributed by atoms with Gasteiger partial charge in [-0.2, -0.15) is 0 Å². The van der Waals surface area contributed by atoms with Gasteiger partial charge in [-0.1, -0.05) is 25.4 Å². The van der Waals surface area contributed by atoms with E-state index in [0.29, 0.717) is 24.0 Å². The molecule has 100 valence electrons. The molecule has 1 aromatic rings. The number of hydrogen-bond acceptors (Lipinski definition) is 3. The zero-order chi connectivity index (χ0) is 13.6. The molecule has 3 nitrogen and oxygen atoms in total. The Labute approximate surface area is 113 Å². The first-order valence-corrected chi connectivity index (χ1v) is 6.45. The molecule has 0 saturated heterocycles. The van der Waals surface area contributed by atoms with Crippen molar-refractivity contribution in [2.45, 2.75) is 33.2 Å². The van der Waals surface area contributed by atoms with Gasteiger partial charge in [0.05, 0.1) is 13.2 Å². The number of ether oxygens (including phenoxy) is 2. The monoisotopic (exact) mass is 269 g/mol. The Hall–Kier alpha value is -0.930. The van der Waals surface area contributed by atoms with Crippen LogP contribution < -0.4 is 15.2 Å². The van der Waals surface area contributed by atoms with Crippen LogP contribution >= 0.6 is 11.6 Å². The van der Waals surface area contributed by atoms with Crippen molar-refractivity contribution in [2.24, 2.45) is 11.1 Å². The summed E-state index contributed by atoms with van der Waals surface area (Å²) < 4.78 is 11.6. The standard InChI is InChI=1S/C14H20ClNO2/c1-13(2)7-17-11-5-9(14(3,4)16)10(15)6-12(11)18-8-13/h5-6H,7-8,16H2,1-4H3. The van der Waals surface area contributed by atoms with Gasteiger partial charge < -0.3 is 15.2 Å². The molecule has 0 bridgehead atoms. The van der Waals surface area contributed by atoms with Crippen molar-refractivity contribution < 1.29 is 9.47 Å². The van der Waals surface area contributed by atoms with Crippen molar-refractivity contribution in [3.63, 3.8) is 0 Å². The number of rotatable bonds is 1. The summed E-state index contributed by atoms with van der Waals surface area (Å²) >= 11 is 6.25. The van der Waals surface area contributed by atoms with Crippen molar-refractivity contribution in [3.05, 3.63) is 22.7 Å². The van der Waals surface area contributed by atoms with E-state index >= 15 is 0 Å². The molecule has 18 heavy (non-hydrogen) atoms. The summed E-state index contributed by atoms with van der Waals surface area (Å²) in [6.45, 7) is 9.28. The Balaban J connectivity index is 2.42. The topological polar surface area (TPSA) is 44.5 Å². The van der Waals surface area contributed by atoms with Crippen LogP contribution in [-0.4, -0.2) is 13.2 Å². The molecule has 0 aliphatic carbocycles. The van der Waals surface area contributed by atoms with E-state index in [0.717, 1.165) is 11.3 Å². The Kier molecular flexibility index (Phi) is 3.24. The molecule has 0 fully saturated rings. The molecule has 1 heterocycles. The lowest BCUT2D eigenvalue weighted by atomic mass is 9.95. The highest BCUT2D eigenvalue weighted by atomic mass is 35.5. The Morgan fingerprint density at radius 3 is 2.17 bits per heavy atom. The van der Waals surface area contributed by atoms with E-state index in [9.17, 15) is 0 Å². The second kappa shape index (κ2) is 4.32. The third kappa shape index (κ3) is 2.73. The van der Waals surface area contributed by atoms with Crippen molar-refractivity contribution in [3.8, 4) is 11.5 Å². The molecule has 0 spiro atoms. The summed E-state index contributed by atoms with van der Waals surface area (Å²) in [5, 5.41) is 0.615. The van der Waals surface area contributed by atoms with Gasteiger partial charge >= 0.3 is 0 Å². The molecule has 2 N–H and O–H groups in total. The van der Waals surface area contributed by atoms with Gasteiger partial charge in [0.1, 0.15) is 0 Å². The molecule has 2 rings (SSSR count). The van der Waals surface area contributed by atoms with Gasteiger partial charge in [-0.3, -0.25) is 0 Å². The highest BCUT2D eigenvalue weighted by molar-refractivity contribution is 6.31. The van der Waals surface area contributed by atoms with E-state index in [1.54, 1.807) is 6.07 Å². The summed E-state index contributed by atoms with van der Waals surface area (Å²) in [5.41, 5.74) is 6.46. The fourth-order valence-electron chi connectivity index (χ4n) is 1.84. The highest BCUT2D eigenvalue weighted by Gasteiger charge is 2.27. The predicted molar refractivity (Wildman–Crippen MR) is 73.4 cm³/mol. The van der Waals surface area contributed by atoms with Crippen molar-refractivity contribution in [1.29, 1.82) is 0 Å². The Morgan fingerprint density at radius 2 is 1.67 bits per heavy atom. The molecular weight excluding hydrogens is 250 g/mol. The van der Waals surface area contributed by atoms with E-state index in [-0.39, 0.29) is 5.41 Å². The summed E-state index contributed by atoms with van der Waals surface area (Å²) in [6, 6.07) is 3.68. The maximum absolute atomic E-state index is 6.25. The third-order valence-electron chi connectivity index (χ3n) is 2.96. The summed E-state index contributed by atoms with van der Waals surface area (Å²) in [5.74, 6) is 1.41. The van der Waals surface area contributed by atoms with E-state index in [1.165, 1.54) is 0 Å². The van der Waals surface area contributed by atoms with Crippen LogP contribution in [0, 0.1) is 5.41 Å². The zero-order valence-corrected chi connectivity index (χ0v) is 12.1. The molecule has 1 aliphatic rings. The van der Waals surface area contributed by atoms with E-state index in [4.69, 9.17) is 26.8 Å². The van der Waals surface area contributed by atoms with Gasteiger partial charge in [-0.05, 0) is 25.5 Å². The van der Waals surface area contributed by atoms with Crippen LogP contribution in [0.2, 0.25) is 5.02 Å². The molecule has 0 aromatic heterocycles. The Bertz CT molecular complexity index is 464. The van der Waals surface area contributed by atoms with Crippen LogP contribution in [0.15, 0.2) is 12.1 Å². The molecule has 0 atom stereocenters. The van der Waals surface area contributed by atoms with E-state index in [1.807, 2.05) is 19.9 Å². The third-order valence-corrected chi connectivity index (χ3v) is 3.28. The molecule has 0 saturated carbocycles. The first kappa shape index (κ1) is 13.5. The molecule has 1 aliphatic heterocycles. The number of halogens is 1. The number of benzene rings is 1. The van der Waals surface area contributed by atoms with Gasteiger partial charge in [-0.15, -0.1) is 0 Å². The van der Waals surface area contributed by atoms with Crippen molar-refractivity contribution >= 4 is 11.6 Å². The van der Waals surface area contributed by atoms with E-state index in [2.05, 4.69) is 13.8 Å². The molecule has 1 aromatic carbocycles. The lowest BCUT2D eigenvalue weighted by Gasteiger charge is -2.22. The smallest absolute Gasteiger partial charge is 0.162 e. The number of nitrogens with two attached hydrogens (primary N) is 1. The zero-order valence-electron chi connectivity index (χ0n) is 11.3. The largest absolute Gasteiger partial charge is 0.489 e. The minimum Gasteiger partial charge on any atom is -0.489 e. The van der Waals surface area contributed by atoms with Crippen molar-refractivity contribution in [2.75, 3.05) is 13.2 Å². The fraction of sp³-hybridized carbons (Fsp3) is 0.571. The number of hydrogen-bond donors (Lipinski definition) is 1. The first-order valence-electron chi connectivity index (χ1n) is 6.08. The fourth-order valence-corrected chi connectivity index (χ4v) is 2.24. The number of fused-ring (bicyclic) bond motifs is 1. The first-order chi connectivity index (χ1) is 8.19. The minimum absolute atomic E-state index is 0.0100. The van der Waals surface area contributed by atoms with Gasteiger partial charge in [0.15, 0.2) is 11.5 Å². The highest BCUT2D eigenvalue weighted by Crippen LogP contribution is 2.40. The molecule has 0 radical (unpaired) electrons. The van der Waals surface area contributed by atoms with Gasteiger partial charge in [0.2, 0.25) is 0 Å². The molecule has 0 unspecified atom stereocenters. The van der Waals surface area contributed by atoms with Crippen LogP contribution in [0.1, 0.15) is 33.3 Å². The van der Waals surface area contributed by atoms with Crippen LogP contribution in [0.25, 0.3) is 0 Å². The van der Waals surface area contributed by atoms with Crippen LogP contribution in [0.5, 0.6) is 11.5 Å². The average Bonchev–Trinajstić information content (AvgIpc) is 2.36. The maximum atomic E-state index is 6.25. The molecule has 0 amide bonds. The van der Waals surface area contributed by atoms with E-state index < -0.39 is 5.54 Å². The Morgan fingerprint density at radius 1 is 1.17 bits per heavy atom. The average molecular weight is 270 g/mol. The van der Waals surface area contributed by atoms with Gasteiger partial charge in [0.25, 0.3) is 0 Å². The van der Waals surface area contributed by atoms with Crippen LogP contribution in [-0.2, 0) is 5.54 Å². The van der Waals surface area contributed by atoms with Crippen molar-refractivity contribution in [1.82, 2.24) is 0 Å². The van der Waals surface area contributed by atoms with Crippen LogP contribution in [0.4, 0.5) is 0 Å². The van der Waals surface area contributed by atoms with Gasteiger partial charge in [-0.25, -0.2) is 0 Å². The lowest BCUT2D eigenvalue weighted by molar-refractivity contribution is 0.140. The molecular formula is C14H20ClNO2.